The second kappa shape index (κ2) is 13.0. The standard InChI is InChI=1S/C20H29NO.C17H19NO3/c1-13(2)14-6-8-16-15(12-14)7-9-17-19(16,3)10-5-11-20(17,4)18(21)22;19-17(18-10-4-1-5-11-18)7-3-2-6-14-8-9-15-16(12-14)21-13-20-15/h6,8,12-13,17H,5,7,9-11H2,1-4H3,(H2,21,22);2-3,6-9,12H,1,4-5,10-11,13H2. The van der Waals surface area contributed by atoms with Crippen LogP contribution in [0, 0.1) is 11.3 Å². The highest BCUT2D eigenvalue weighted by Crippen LogP contribution is 2.57. The van der Waals surface area contributed by atoms with E-state index >= 15 is 0 Å². The molecule has 2 fully saturated rings. The molecule has 0 bridgehead atoms. The van der Waals surface area contributed by atoms with Crippen molar-refractivity contribution in [2.24, 2.45) is 17.1 Å². The SMILES string of the molecule is CC(C)c1ccc2c(c1)CCC1C(C)(C(N)=O)CCCC21C.O=C(C=CC=Cc1ccc2c(c1)OCO2)N1CCCCC1. The van der Waals surface area contributed by atoms with Crippen LogP contribution in [0.1, 0.15) is 101 Å². The third kappa shape index (κ3) is 6.53. The number of allylic oxidation sites excluding steroid dienone is 2. The van der Waals surface area contributed by atoms with Crippen molar-refractivity contribution in [3.8, 4) is 11.5 Å². The Kier molecular flexibility index (Phi) is 9.33. The first-order valence-electron chi connectivity index (χ1n) is 16.1. The van der Waals surface area contributed by atoms with Gasteiger partial charge in [-0.15, -0.1) is 0 Å². The molecule has 0 radical (unpaired) electrons. The third-order valence-corrected chi connectivity index (χ3v) is 10.3. The van der Waals surface area contributed by atoms with Crippen LogP contribution in [0.2, 0.25) is 0 Å². The molecule has 2 aromatic rings. The molecule has 0 aromatic heterocycles. The van der Waals surface area contributed by atoms with Crippen LogP contribution in [0.25, 0.3) is 6.08 Å². The molecule has 3 unspecified atom stereocenters. The fourth-order valence-electron chi connectivity index (χ4n) is 7.71. The number of fused-ring (bicyclic) bond motifs is 4. The van der Waals surface area contributed by atoms with Gasteiger partial charge in [-0.25, -0.2) is 0 Å². The highest BCUT2D eigenvalue weighted by molar-refractivity contribution is 5.88. The summed E-state index contributed by atoms with van der Waals surface area (Å²) in [4.78, 5) is 26.0. The summed E-state index contributed by atoms with van der Waals surface area (Å²) in [6, 6.07) is 12.8. The predicted molar refractivity (Wildman–Crippen MR) is 172 cm³/mol. The van der Waals surface area contributed by atoms with Crippen LogP contribution in [0.15, 0.2) is 54.6 Å². The molecule has 6 rings (SSSR count). The van der Waals surface area contributed by atoms with Gasteiger partial charge in [-0.05, 0) is 96.6 Å². The van der Waals surface area contributed by atoms with Gasteiger partial charge < -0.3 is 20.1 Å². The zero-order chi connectivity index (χ0) is 30.6. The van der Waals surface area contributed by atoms with E-state index in [-0.39, 0.29) is 29.4 Å². The number of hydrogen-bond donors (Lipinski definition) is 1. The monoisotopic (exact) mass is 584 g/mol. The van der Waals surface area contributed by atoms with Crippen molar-refractivity contribution in [2.75, 3.05) is 19.9 Å². The summed E-state index contributed by atoms with van der Waals surface area (Å²) < 4.78 is 10.6. The van der Waals surface area contributed by atoms with E-state index in [0.29, 0.717) is 11.8 Å². The largest absolute Gasteiger partial charge is 0.454 e. The minimum Gasteiger partial charge on any atom is -0.454 e. The van der Waals surface area contributed by atoms with Gasteiger partial charge in [-0.3, -0.25) is 9.59 Å². The number of primary amides is 1. The average molecular weight is 585 g/mol. The average Bonchev–Trinajstić information content (AvgIpc) is 3.48. The number of amides is 2. The number of piperidine rings is 1. The molecule has 2 N–H and O–H groups in total. The Morgan fingerprint density at radius 1 is 0.953 bits per heavy atom. The molecule has 2 amide bonds. The second-order valence-electron chi connectivity index (χ2n) is 13.4. The fourth-order valence-corrected chi connectivity index (χ4v) is 7.71. The Bertz CT molecular complexity index is 1390. The van der Waals surface area contributed by atoms with Crippen molar-refractivity contribution in [3.05, 3.63) is 76.9 Å². The van der Waals surface area contributed by atoms with Crippen molar-refractivity contribution >= 4 is 17.9 Å². The molecule has 3 atom stereocenters. The number of nitrogens with zero attached hydrogens (tertiary/aromatic N) is 1. The minimum atomic E-state index is -0.346. The number of likely N-dealkylation sites (tertiary alicyclic amines) is 1. The number of ether oxygens (including phenoxy) is 2. The van der Waals surface area contributed by atoms with Crippen LogP contribution < -0.4 is 15.2 Å². The van der Waals surface area contributed by atoms with Crippen molar-refractivity contribution in [2.45, 2.75) is 90.4 Å². The summed E-state index contributed by atoms with van der Waals surface area (Å²) in [5.41, 5.74) is 11.0. The van der Waals surface area contributed by atoms with E-state index in [9.17, 15) is 9.59 Å². The molecular weight excluding hydrogens is 536 g/mol. The van der Waals surface area contributed by atoms with Gasteiger partial charge in [0.2, 0.25) is 18.6 Å². The molecule has 1 saturated heterocycles. The maximum Gasteiger partial charge on any atom is 0.246 e. The smallest absolute Gasteiger partial charge is 0.246 e. The molecule has 4 aliphatic rings. The van der Waals surface area contributed by atoms with E-state index in [0.717, 1.165) is 68.7 Å². The predicted octanol–water partition coefficient (Wildman–Crippen LogP) is 7.30. The molecule has 2 aliphatic carbocycles. The van der Waals surface area contributed by atoms with E-state index in [2.05, 4.69) is 45.9 Å². The first kappa shape index (κ1) is 30.9. The van der Waals surface area contributed by atoms with Crippen LogP contribution in [-0.4, -0.2) is 36.6 Å². The number of nitrogens with two attached hydrogens (primary N) is 1. The number of carbonyl (C=O) groups excluding carboxylic acids is 2. The number of hydrogen-bond acceptors (Lipinski definition) is 4. The highest BCUT2D eigenvalue weighted by Gasteiger charge is 2.54. The van der Waals surface area contributed by atoms with Gasteiger partial charge in [0.05, 0.1) is 0 Å². The van der Waals surface area contributed by atoms with Gasteiger partial charge in [0.25, 0.3) is 0 Å². The normalized spacial score (nSPS) is 26.2. The van der Waals surface area contributed by atoms with Gasteiger partial charge in [0, 0.05) is 24.6 Å². The maximum atomic E-state index is 12.2. The zero-order valence-corrected chi connectivity index (χ0v) is 26.4. The van der Waals surface area contributed by atoms with Crippen molar-refractivity contribution in [1.29, 1.82) is 0 Å². The molecule has 6 heteroatoms. The first-order chi connectivity index (χ1) is 20.6. The van der Waals surface area contributed by atoms with Gasteiger partial charge in [-0.1, -0.05) is 76.6 Å². The summed E-state index contributed by atoms with van der Waals surface area (Å²) >= 11 is 0. The quantitative estimate of drug-likeness (QED) is 0.295. The molecule has 2 heterocycles. The lowest BCUT2D eigenvalue weighted by atomic mass is 9.49. The van der Waals surface area contributed by atoms with E-state index in [4.69, 9.17) is 15.2 Å². The molecular formula is C37H48N2O4. The molecule has 230 valence electrons. The molecule has 2 aromatic carbocycles. The molecule has 43 heavy (non-hydrogen) atoms. The van der Waals surface area contributed by atoms with Gasteiger partial charge in [0.1, 0.15) is 0 Å². The van der Waals surface area contributed by atoms with E-state index in [1.165, 1.54) is 29.5 Å². The first-order valence-corrected chi connectivity index (χ1v) is 16.1. The molecule has 1 saturated carbocycles. The summed E-state index contributed by atoms with van der Waals surface area (Å²) in [6.45, 7) is 11.0. The fraction of sp³-hybridized carbons (Fsp3) is 0.514. The molecule has 0 spiro atoms. The number of aryl methyl sites for hydroxylation is 1. The van der Waals surface area contributed by atoms with E-state index < -0.39 is 0 Å². The number of carbonyl (C=O) groups is 2. The van der Waals surface area contributed by atoms with Gasteiger partial charge >= 0.3 is 0 Å². The third-order valence-electron chi connectivity index (χ3n) is 10.3. The lowest BCUT2D eigenvalue weighted by molar-refractivity contribution is -0.135. The Balaban J connectivity index is 0.000000171. The Hall–Kier alpha value is -3.54. The van der Waals surface area contributed by atoms with Crippen molar-refractivity contribution in [3.63, 3.8) is 0 Å². The lowest BCUT2D eigenvalue weighted by Crippen LogP contribution is -2.54. The van der Waals surface area contributed by atoms with E-state index in [1.807, 2.05) is 35.3 Å². The van der Waals surface area contributed by atoms with Crippen molar-refractivity contribution in [1.82, 2.24) is 4.90 Å². The van der Waals surface area contributed by atoms with Gasteiger partial charge in [-0.2, -0.15) is 0 Å². The lowest BCUT2D eigenvalue weighted by Gasteiger charge is -2.54. The topological polar surface area (TPSA) is 81.9 Å². The van der Waals surface area contributed by atoms with E-state index in [1.54, 1.807) is 12.2 Å². The van der Waals surface area contributed by atoms with Crippen LogP contribution >= 0.6 is 0 Å². The minimum absolute atomic E-state index is 0.102. The Morgan fingerprint density at radius 3 is 2.47 bits per heavy atom. The summed E-state index contributed by atoms with van der Waals surface area (Å²) in [7, 11) is 0. The highest BCUT2D eigenvalue weighted by atomic mass is 16.7. The summed E-state index contributed by atoms with van der Waals surface area (Å²) in [5, 5.41) is 0. The van der Waals surface area contributed by atoms with Crippen LogP contribution in [0.5, 0.6) is 11.5 Å². The number of rotatable bonds is 5. The molecule has 2 aliphatic heterocycles. The Morgan fingerprint density at radius 2 is 1.72 bits per heavy atom. The second-order valence-corrected chi connectivity index (χ2v) is 13.4. The molecule has 6 nitrogen and oxygen atoms in total. The van der Waals surface area contributed by atoms with Crippen LogP contribution in [-0.2, 0) is 21.4 Å². The Labute approximate surface area is 257 Å². The van der Waals surface area contributed by atoms with Gasteiger partial charge in [0.15, 0.2) is 11.5 Å². The van der Waals surface area contributed by atoms with Crippen LogP contribution in [0.4, 0.5) is 0 Å². The zero-order valence-electron chi connectivity index (χ0n) is 26.4. The summed E-state index contributed by atoms with van der Waals surface area (Å²) in [5.74, 6) is 2.49. The summed E-state index contributed by atoms with van der Waals surface area (Å²) in [6.07, 6.45) is 16.1. The van der Waals surface area contributed by atoms with Crippen LogP contribution in [0.3, 0.4) is 0 Å². The maximum absolute atomic E-state index is 12.2. The number of benzene rings is 2. The van der Waals surface area contributed by atoms with Crippen molar-refractivity contribution < 1.29 is 19.1 Å².